The highest BCUT2D eigenvalue weighted by atomic mass is 35.6. The van der Waals surface area contributed by atoms with Crippen molar-refractivity contribution in [2.45, 2.75) is 35.6 Å². The zero-order chi connectivity index (χ0) is 18.0. The van der Waals surface area contributed by atoms with Crippen molar-refractivity contribution in [2.24, 2.45) is 5.41 Å². The van der Waals surface area contributed by atoms with Crippen molar-refractivity contribution in [3.05, 3.63) is 70.8 Å². The van der Waals surface area contributed by atoms with Crippen molar-refractivity contribution in [3.8, 4) is 0 Å². The van der Waals surface area contributed by atoms with E-state index in [4.69, 9.17) is 39.5 Å². The molecule has 2 nitrogen and oxygen atoms in total. The third-order valence-corrected chi connectivity index (χ3v) is 6.93. The molecule has 2 aromatic rings. The first-order valence-electron chi connectivity index (χ1n) is 8.18. The Morgan fingerprint density at radius 1 is 0.960 bits per heavy atom. The maximum atomic E-state index is 11.8. The van der Waals surface area contributed by atoms with Crippen molar-refractivity contribution < 1.29 is 9.53 Å². The number of hydrogen-bond donors (Lipinski definition) is 0. The van der Waals surface area contributed by atoms with Crippen LogP contribution in [-0.4, -0.2) is 9.76 Å². The zero-order valence-electron chi connectivity index (χ0n) is 13.8. The van der Waals surface area contributed by atoms with Crippen LogP contribution in [0.3, 0.4) is 0 Å². The molecule has 0 saturated heterocycles. The van der Waals surface area contributed by atoms with Gasteiger partial charge in [-0.25, -0.2) is 0 Å². The molecule has 0 amide bonds. The second-order valence-electron chi connectivity index (χ2n) is 6.98. The fourth-order valence-electron chi connectivity index (χ4n) is 4.71. The van der Waals surface area contributed by atoms with Gasteiger partial charge in [0.25, 0.3) is 0 Å². The largest absolute Gasteiger partial charge is 0.457 e. The zero-order valence-corrected chi connectivity index (χ0v) is 16.1. The number of ether oxygens (including phenoxy) is 1. The van der Waals surface area contributed by atoms with E-state index in [2.05, 4.69) is 12.1 Å². The summed E-state index contributed by atoms with van der Waals surface area (Å²) in [4.78, 5) is 11.8. The predicted molar refractivity (Wildman–Crippen MR) is 100 cm³/mol. The van der Waals surface area contributed by atoms with Gasteiger partial charge in [-0.05, 0) is 22.3 Å². The summed E-state index contributed by atoms with van der Waals surface area (Å²) < 4.78 is 4.26. The average Bonchev–Trinajstić information content (AvgIpc) is 2.74. The third kappa shape index (κ3) is 2.27. The van der Waals surface area contributed by atoms with Crippen molar-refractivity contribution >= 4 is 40.8 Å². The number of rotatable bonds is 1. The van der Waals surface area contributed by atoms with Gasteiger partial charge in [0.1, 0.15) is 6.10 Å². The molecule has 0 aromatic heterocycles. The number of hydrogen-bond acceptors (Lipinski definition) is 2. The molecule has 0 heterocycles. The molecular formula is C20H17Cl3O2. The molecule has 0 aliphatic heterocycles. The van der Waals surface area contributed by atoms with Gasteiger partial charge in [0.05, 0.1) is 0 Å². The van der Waals surface area contributed by atoms with Crippen LogP contribution in [0.1, 0.15) is 54.0 Å². The van der Waals surface area contributed by atoms with Crippen molar-refractivity contribution in [2.75, 3.05) is 0 Å². The van der Waals surface area contributed by atoms with Crippen molar-refractivity contribution in [1.29, 1.82) is 0 Å². The topological polar surface area (TPSA) is 26.3 Å². The van der Waals surface area contributed by atoms with Crippen LogP contribution in [0.5, 0.6) is 0 Å². The molecule has 2 aliphatic carbocycles. The van der Waals surface area contributed by atoms with E-state index in [0.29, 0.717) is 0 Å². The molecule has 4 atom stereocenters. The van der Waals surface area contributed by atoms with E-state index in [1.54, 1.807) is 0 Å². The summed E-state index contributed by atoms with van der Waals surface area (Å²) in [5.74, 6) is -0.626. The van der Waals surface area contributed by atoms with Gasteiger partial charge in [-0.15, -0.1) is 0 Å². The molecule has 4 unspecified atom stereocenters. The lowest BCUT2D eigenvalue weighted by atomic mass is 9.62. The minimum absolute atomic E-state index is 0.0655. The van der Waals surface area contributed by atoms with Gasteiger partial charge < -0.3 is 4.74 Å². The molecule has 4 rings (SSSR count). The Bertz CT molecular complexity index is 858. The fourth-order valence-corrected chi connectivity index (χ4v) is 5.39. The minimum atomic E-state index is -1.52. The van der Waals surface area contributed by atoms with E-state index in [1.165, 1.54) is 6.92 Å². The van der Waals surface area contributed by atoms with E-state index in [0.717, 1.165) is 22.3 Å². The maximum Gasteiger partial charge on any atom is 0.303 e. The van der Waals surface area contributed by atoms with E-state index in [9.17, 15) is 4.79 Å². The Morgan fingerprint density at radius 2 is 1.44 bits per heavy atom. The highest BCUT2D eigenvalue weighted by Crippen LogP contribution is 2.72. The predicted octanol–water partition coefficient (Wildman–Crippen LogP) is 5.91. The van der Waals surface area contributed by atoms with E-state index in [-0.39, 0.29) is 17.8 Å². The summed E-state index contributed by atoms with van der Waals surface area (Å²) in [5.41, 5.74) is 3.56. The van der Waals surface area contributed by atoms with Gasteiger partial charge in [0.15, 0.2) is 3.79 Å². The van der Waals surface area contributed by atoms with Gasteiger partial charge in [-0.1, -0.05) is 90.3 Å². The number of esters is 1. The lowest BCUT2D eigenvalue weighted by Gasteiger charge is -2.49. The molecular weight excluding hydrogens is 379 g/mol. The first kappa shape index (κ1) is 17.2. The number of fused-ring (bicyclic) bond motifs is 7. The number of benzene rings is 2. The second-order valence-corrected chi connectivity index (χ2v) is 9.26. The van der Waals surface area contributed by atoms with Gasteiger partial charge in [0, 0.05) is 24.2 Å². The van der Waals surface area contributed by atoms with E-state index >= 15 is 0 Å². The van der Waals surface area contributed by atoms with Crippen LogP contribution in [0.25, 0.3) is 0 Å². The van der Waals surface area contributed by atoms with Gasteiger partial charge in [-0.3, -0.25) is 4.79 Å². The SMILES string of the molecule is CC(=O)OC1c2ccccc2C2c3ccccc3C1C2(C)C(Cl)(Cl)Cl. The quantitative estimate of drug-likeness (QED) is 0.443. The summed E-state index contributed by atoms with van der Waals surface area (Å²) in [6.07, 6.45) is -0.478. The Balaban J connectivity index is 2.07. The van der Waals surface area contributed by atoms with Crippen molar-refractivity contribution in [3.63, 3.8) is 0 Å². The summed E-state index contributed by atoms with van der Waals surface area (Å²) >= 11 is 19.6. The molecule has 25 heavy (non-hydrogen) atoms. The first-order chi connectivity index (χ1) is 11.8. The number of alkyl halides is 3. The molecule has 130 valence electrons. The van der Waals surface area contributed by atoms with Crippen LogP contribution in [0.2, 0.25) is 0 Å². The van der Waals surface area contributed by atoms with Crippen LogP contribution in [0.15, 0.2) is 48.5 Å². The van der Waals surface area contributed by atoms with Crippen molar-refractivity contribution in [1.82, 2.24) is 0 Å². The monoisotopic (exact) mass is 394 g/mol. The van der Waals surface area contributed by atoms with Gasteiger partial charge >= 0.3 is 5.97 Å². The second kappa shape index (κ2) is 5.64. The highest BCUT2D eigenvalue weighted by molar-refractivity contribution is 6.68. The molecule has 5 heteroatoms. The molecule has 0 saturated carbocycles. The highest BCUT2D eigenvalue weighted by Gasteiger charge is 2.66. The Kier molecular flexibility index (Phi) is 3.88. The van der Waals surface area contributed by atoms with Crippen LogP contribution in [-0.2, 0) is 9.53 Å². The third-order valence-electron chi connectivity index (χ3n) is 5.71. The van der Waals surface area contributed by atoms with Gasteiger partial charge in [0.2, 0.25) is 0 Å². The lowest BCUT2D eigenvalue weighted by molar-refractivity contribution is -0.150. The summed E-state index contributed by atoms with van der Waals surface area (Å²) in [7, 11) is 0. The van der Waals surface area contributed by atoms with Crippen LogP contribution in [0, 0.1) is 5.41 Å². The minimum Gasteiger partial charge on any atom is -0.457 e. The summed E-state index contributed by atoms with van der Waals surface area (Å²) in [5, 5.41) is 0. The molecule has 2 aromatic carbocycles. The molecule has 0 radical (unpaired) electrons. The summed E-state index contributed by atoms with van der Waals surface area (Å²) in [6.45, 7) is 3.41. The molecule has 0 N–H and O–H groups in total. The molecule has 0 spiro atoms. The molecule has 0 fully saturated rings. The normalized spacial score (nSPS) is 29.7. The molecule has 2 bridgehead atoms. The average molecular weight is 396 g/mol. The number of carbonyl (C=O) groups excluding carboxylic acids is 1. The Hall–Kier alpha value is -1.22. The van der Waals surface area contributed by atoms with E-state index in [1.807, 2.05) is 43.3 Å². The lowest BCUT2D eigenvalue weighted by Crippen LogP contribution is -2.45. The fraction of sp³-hybridized carbons (Fsp3) is 0.350. The van der Waals surface area contributed by atoms with Crippen LogP contribution >= 0.6 is 34.8 Å². The first-order valence-corrected chi connectivity index (χ1v) is 9.31. The van der Waals surface area contributed by atoms with Crippen LogP contribution in [0.4, 0.5) is 0 Å². The Morgan fingerprint density at radius 3 is 1.96 bits per heavy atom. The maximum absolute atomic E-state index is 11.8. The van der Waals surface area contributed by atoms with E-state index < -0.39 is 15.3 Å². The Labute approximate surface area is 162 Å². The standard InChI is InChI=1S/C20H17Cl3O2/c1-11(24)25-18-15-10-6-5-9-14(15)16-12-7-3-4-8-13(12)17(18)19(16,2)20(21,22)23/h3-10,16-18H,1-2H3. The number of halogens is 3. The number of carbonyl (C=O) groups is 1. The smallest absolute Gasteiger partial charge is 0.303 e. The van der Waals surface area contributed by atoms with Crippen LogP contribution < -0.4 is 0 Å². The van der Waals surface area contributed by atoms with Gasteiger partial charge in [-0.2, -0.15) is 0 Å². The molecule has 2 aliphatic rings. The summed E-state index contributed by atoms with van der Waals surface area (Å²) in [6, 6.07) is 16.1.